The lowest BCUT2D eigenvalue weighted by Gasteiger charge is -2.43. The van der Waals surface area contributed by atoms with Crippen molar-refractivity contribution < 1.29 is 9.59 Å². The van der Waals surface area contributed by atoms with E-state index < -0.39 is 10.8 Å². The molecular weight excluding hydrogens is 386 g/mol. The molecule has 1 atom stereocenters. The van der Waals surface area contributed by atoms with Crippen molar-refractivity contribution in [1.82, 2.24) is 15.2 Å². The maximum Gasteiger partial charge on any atom is 0.228 e. The highest BCUT2D eigenvalue weighted by atomic mass is 16.2. The van der Waals surface area contributed by atoms with Gasteiger partial charge in [-0.1, -0.05) is 52.0 Å². The summed E-state index contributed by atoms with van der Waals surface area (Å²) in [5.41, 5.74) is 2.33. The Morgan fingerprint density at radius 3 is 2.32 bits per heavy atom. The van der Waals surface area contributed by atoms with Crippen molar-refractivity contribution in [3.05, 3.63) is 54.4 Å². The second-order valence-corrected chi connectivity index (χ2v) is 9.73. The fourth-order valence-corrected chi connectivity index (χ4v) is 4.37. The summed E-state index contributed by atoms with van der Waals surface area (Å²) in [5.74, 6) is 0.187. The van der Waals surface area contributed by atoms with Gasteiger partial charge in [0.15, 0.2) is 0 Å². The van der Waals surface area contributed by atoms with Crippen LogP contribution in [0.5, 0.6) is 0 Å². The third kappa shape index (κ3) is 5.52. The average Bonchev–Trinajstić information content (AvgIpc) is 2.77. The Morgan fingerprint density at radius 1 is 1.06 bits per heavy atom. The zero-order valence-corrected chi connectivity index (χ0v) is 19.3. The van der Waals surface area contributed by atoms with E-state index in [1.807, 2.05) is 37.8 Å². The lowest BCUT2D eigenvalue weighted by molar-refractivity contribution is -0.147. The molecule has 3 rings (SSSR count). The van der Waals surface area contributed by atoms with Crippen LogP contribution in [0.3, 0.4) is 0 Å². The molecular formula is C26H35N3O2. The Hall–Kier alpha value is -2.69. The number of piperidine rings is 1. The smallest absolute Gasteiger partial charge is 0.228 e. The van der Waals surface area contributed by atoms with E-state index in [1.165, 1.54) is 0 Å². The van der Waals surface area contributed by atoms with Crippen LogP contribution in [0.2, 0.25) is 0 Å². The number of aromatic nitrogens is 1. The van der Waals surface area contributed by atoms with Crippen LogP contribution in [0.15, 0.2) is 48.8 Å². The van der Waals surface area contributed by atoms with Gasteiger partial charge in [-0.25, -0.2) is 0 Å². The lowest BCUT2D eigenvalue weighted by atomic mass is 9.73. The first-order valence-corrected chi connectivity index (χ1v) is 11.3. The molecule has 1 aromatic heterocycles. The minimum absolute atomic E-state index is 0.0685. The molecule has 2 aromatic rings. The molecule has 0 spiro atoms. The highest BCUT2D eigenvalue weighted by Gasteiger charge is 2.44. The first-order valence-electron chi connectivity index (χ1n) is 11.3. The van der Waals surface area contributed by atoms with E-state index in [4.69, 9.17) is 0 Å². The monoisotopic (exact) mass is 421 g/mol. The van der Waals surface area contributed by atoms with Gasteiger partial charge in [-0.3, -0.25) is 14.6 Å². The molecule has 1 aliphatic heterocycles. The van der Waals surface area contributed by atoms with Crippen LogP contribution in [0.4, 0.5) is 0 Å². The maximum absolute atomic E-state index is 13.3. The van der Waals surface area contributed by atoms with Crippen molar-refractivity contribution in [2.24, 2.45) is 10.8 Å². The standard InChI is InChI=1S/C26H35N3O2/c1-5-14-28-23(30)26(13-6-17-29(19-26)24(31)25(2,3)4)18-20-7-9-21(10-8-20)22-11-15-27-16-12-22/h7-12,15-16H,5-6,13-14,17-19H2,1-4H3,(H,28,30). The van der Waals surface area contributed by atoms with Crippen molar-refractivity contribution in [3.8, 4) is 11.1 Å². The summed E-state index contributed by atoms with van der Waals surface area (Å²) in [6.07, 6.45) is 6.75. The van der Waals surface area contributed by atoms with Crippen LogP contribution in [-0.2, 0) is 16.0 Å². The number of rotatable bonds is 6. The summed E-state index contributed by atoms with van der Waals surface area (Å²) in [4.78, 5) is 32.3. The van der Waals surface area contributed by atoms with E-state index in [2.05, 4.69) is 41.5 Å². The molecule has 1 saturated heterocycles. The second kappa shape index (κ2) is 9.63. The second-order valence-electron chi connectivity index (χ2n) is 9.73. The van der Waals surface area contributed by atoms with Crippen molar-refractivity contribution in [3.63, 3.8) is 0 Å². The Bertz CT molecular complexity index is 887. The van der Waals surface area contributed by atoms with Crippen molar-refractivity contribution in [2.45, 2.75) is 53.4 Å². The molecule has 31 heavy (non-hydrogen) atoms. The quantitative estimate of drug-likeness (QED) is 0.748. The minimum Gasteiger partial charge on any atom is -0.356 e. The molecule has 2 amide bonds. The molecule has 5 heteroatoms. The Labute approximate surface area is 186 Å². The van der Waals surface area contributed by atoms with E-state index in [9.17, 15) is 9.59 Å². The fourth-order valence-electron chi connectivity index (χ4n) is 4.37. The highest BCUT2D eigenvalue weighted by Crippen LogP contribution is 2.36. The molecule has 166 valence electrons. The number of nitrogens with one attached hydrogen (secondary N) is 1. The number of carbonyl (C=O) groups excluding carboxylic acids is 2. The van der Waals surface area contributed by atoms with Crippen molar-refractivity contribution >= 4 is 11.8 Å². The summed E-state index contributed by atoms with van der Waals surface area (Å²) in [5, 5.41) is 3.11. The molecule has 1 unspecified atom stereocenters. The molecule has 0 radical (unpaired) electrons. The van der Waals surface area contributed by atoms with Crippen LogP contribution >= 0.6 is 0 Å². The minimum atomic E-state index is -0.591. The van der Waals surface area contributed by atoms with Gasteiger partial charge >= 0.3 is 0 Å². The van der Waals surface area contributed by atoms with Crippen molar-refractivity contribution in [1.29, 1.82) is 0 Å². The molecule has 1 aromatic carbocycles. The van der Waals surface area contributed by atoms with E-state index in [-0.39, 0.29) is 11.8 Å². The normalized spacial score (nSPS) is 19.2. The van der Waals surface area contributed by atoms with Crippen LogP contribution in [-0.4, -0.2) is 41.3 Å². The topological polar surface area (TPSA) is 62.3 Å². The van der Waals surface area contributed by atoms with Gasteiger partial charge in [0.05, 0.1) is 5.41 Å². The summed E-state index contributed by atoms with van der Waals surface area (Å²) < 4.78 is 0. The number of benzene rings is 1. The largest absolute Gasteiger partial charge is 0.356 e. The summed E-state index contributed by atoms with van der Waals surface area (Å²) in [7, 11) is 0. The molecule has 5 nitrogen and oxygen atoms in total. The number of hydrogen-bond donors (Lipinski definition) is 1. The van der Waals surface area contributed by atoms with Gasteiger partial charge in [0.25, 0.3) is 0 Å². The number of amides is 2. The van der Waals surface area contributed by atoms with Gasteiger partial charge in [0.2, 0.25) is 11.8 Å². The third-order valence-electron chi connectivity index (χ3n) is 6.03. The average molecular weight is 422 g/mol. The number of hydrogen-bond acceptors (Lipinski definition) is 3. The Kier molecular flexibility index (Phi) is 7.14. The number of likely N-dealkylation sites (tertiary alicyclic amines) is 1. The Morgan fingerprint density at radius 2 is 1.71 bits per heavy atom. The predicted octanol–water partition coefficient (Wildman–Crippen LogP) is 4.47. The summed E-state index contributed by atoms with van der Waals surface area (Å²) in [6.45, 7) is 9.75. The molecule has 0 bridgehead atoms. The summed E-state index contributed by atoms with van der Waals surface area (Å²) >= 11 is 0. The number of nitrogens with zero attached hydrogens (tertiary/aromatic N) is 2. The first kappa shape index (κ1) is 23.0. The van der Waals surface area contributed by atoms with Crippen molar-refractivity contribution in [2.75, 3.05) is 19.6 Å². The maximum atomic E-state index is 13.3. The van der Waals surface area contributed by atoms with Gasteiger partial charge in [-0.2, -0.15) is 0 Å². The van der Waals surface area contributed by atoms with E-state index in [0.29, 0.717) is 19.5 Å². The number of carbonyl (C=O) groups is 2. The van der Waals surface area contributed by atoms with Gasteiger partial charge < -0.3 is 10.2 Å². The third-order valence-corrected chi connectivity index (χ3v) is 6.03. The Balaban J connectivity index is 1.85. The van der Waals surface area contributed by atoms with Gasteiger partial charge in [0, 0.05) is 37.4 Å². The fraction of sp³-hybridized carbons (Fsp3) is 0.500. The molecule has 1 N–H and O–H groups in total. The van der Waals surface area contributed by atoms with E-state index in [1.54, 1.807) is 12.4 Å². The molecule has 1 fully saturated rings. The zero-order chi connectivity index (χ0) is 22.5. The number of pyridine rings is 1. The lowest BCUT2D eigenvalue weighted by Crippen LogP contribution is -2.56. The molecule has 0 saturated carbocycles. The highest BCUT2D eigenvalue weighted by molar-refractivity contribution is 5.86. The van der Waals surface area contributed by atoms with Crippen LogP contribution in [0.1, 0.15) is 52.5 Å². The van der Waals surface area contributed by atoms with Gasteiger partial charge in [-0.05, 0) is 54.5 Å². The van der Waals surface area contributed by atoms with Gasteiger partial charge in [0.1, 0.15) is 0 Å². The molecule has 1 aliphatic rings. The van der Waals surface area contributed by atoms with E-state index in [0.717, 1.165) is 42.5 Å². The van der Waals surface area contributed by atoms with Crippen LogP contribution in [0.25, 0.3) is 11.1 Å². The predicted molar refractivity (Wildman–Crippen MR) is 124 cm³/mol. The summed E-state index contributed by atoms with van der Waals surface area (Å²) in [6, 6.07) is 12.4. The molecule has 0 aliphatic carbocycles. The van der Waals surface area contributed by atoms with E-state index >= 15 is 0 Å². The van der Waals surface area contributed by atoms with Crippen LogP contribution in [0, 0.1) is 10.8 Å². The zero-order valence-electron chi connectivity index (χ0n) is 19.3. The molecule has 2 heterocycles. The van der Waals surface area contributed by atoms with Crippen LogP contribution < -0.4 is 5.32 Å². The first-order chi connectivity index (χ1) is 14.7. The van der Waals surface area contributed by atoms with Gasteiger partial charge in [-0.15, -0.1) is 0 Å². The SMILES string of the molecule is CCCNC(=O)C1(Cc2ccc(-c3ccncc3)cc2)CCCN(C(=O)C(C)(C)C)C1.